The molecule has 0 aromatic heterocycles. The van der Waals surface area contributed by atoms with E-state index in [4.69, 9.17) is 0 Å². The van der Waals surface area contributed by atoms with E-state index in [2.05, 4.69) is 19.2 Å². The fraction of sp³-hybridized carbons (Fsp3) is 0.500. The molecule has 0 radical (unpaired) electrons. The van der Waals surface area contributed by atoms with Crippen molar-refractivity contribution in [2.45, 2.75) is 24.3 Å². The van der Waals surface area contributed by atoms with Crippen LogP contribution in [0, 0.1) is 10.1 Å². The van der Waals surface area contributed by atoms with Crippen LogP contribution < -0.4 is 5.32 Å². The van der Waals surface area contributed by atoms with Gasteiger partial charge >= 0.3 is 0 Å². The van der Waals surface area contributed by atoms with E-state index in [0.717, 1.165) is 0 Å². The molecule has 1 N–H and O–H groups in total. The maximum atomic E-state index is 12.6. The van der Waals surface area contributed by atoms with Crippen molar-refractivity contribution >= 4 is 29.0 Å². The second-order valence-electron chi connectivity index (χ2n) is 5.21. The van der Waals surface area contributed by atoms with E-state index < -0.39 is 4.92 Å². The molecule has 7 heteroatoms. The fourth-order valence-electron chi connectivity index (χ4n) is 2.55. The Kier molecular flexibility index (Phi) is 4.72. The van der Waals surface area contributed by atoms with E-state index in [-0.39, 0.29) is 11.6 Å². The summed E-state index contributed by atoms with van der Waals surface area (Å²) in [6.07, 6.45) is 0. The van der Waals surface area contributed by atoms with Gasteiger partial charge in [-0.3, -0.25) is 14.9 Å². The highest BCUT2D eigenvalue weighted by Crippen LogP contribution is 2.28. The number of hydrogen-bond acceptors (Lipinski definition) is 5. The maximum Gasteiger partial charge on any atom is 0.292 e. The van der Waals surface area contributed by atoms with Crippen LogP contribution in [0.2, 0.25) is 0 Å². The molecule has 1 amide bonds. The van der Waals surface area contributed by atoms with E-state index in [1.807, 2.05) is 16.7 Å². The van der Waals surface area contributed by atoms with Gasteiger partial charge in [-0.25, -0.2) is 0 Å². The van der Waals surface area contributed by atoms with Gasteiger partial charge in [-0.2, -0.15) is 11.8 Å². The Hall–Kier alpha value is -1.76. The van der Waals surface area contributed by atoms with Crippen molar-refractivity contribution in [1.82, 2.24) is 4.90 Å². The molecule has 0 bridgehead atoms. The van der Waals surface area contributed by atoms with Crippen LogP contribution in [0.15, 0.2) is 18.2 Å². The molecule has 1 heterocycles. The fourth-order valence-corrected chi connectivity index (χ4v) is 3.88. The predicted octanol–water partition coefficient (Wildman–Crippen LogP) is 2.60. The van der Waals surface area contributed by atoms with E-state index in [9.17, 15) is 14.9 Å². The first kappa shape index (κ1) is 15.6. The number of carbonyl (C=O) groups is 1. The Balaban J connectivity index is 2.25. The number of carbonyl (C=O) groups excluding carboxylic acids is 1. The Morgan fingerprint density at radius 1 is 1.38 bits per heavy atom. The average molecular weight is 309 g/mol. The first-order valence-corrected chi connectivity index (χ1v) is 7.77. The van der Waals surface area contributed by atoms with Gasteiger partial charge in [0.2, 0.25) is 0 Å². The molecule has 1 aromatic carbocycles. The number of nitrogens with one attached hydrogen (secondary N) is 1. The van der Waals surface area contributed by atoms with Crippen molar-refractivity contribution in [1.29, 1.82) is 0 Å². The molecular weight excluding hydrogens is 290 g/mol. The number of nitro groups is 1. The minimum absolute atomic E-state index is 0.0232. The Bertz CT molecular complexity index is 554. The number of thioether (sulfide) groups is 1. The third-order valence-corrected chi connectivity index (χ3v) is 4.64. The molecule has 6 nitrogen and oxygen atoms in total. The second kappa shape index (κ2) is 6.34. The van der Waals surface area contributed by atoms with Gasteiger partial charge in [-0.05, 0) is 12.1 Å². The first-order valence-electron chi connectivity index (χ1n) is 6.83. The average Bonchev–Trinajstić information content (AvgIpc) is 2.44. The lowest BCUT2D eigenvalue weighted by atomic mass is 10.1. The lowest BCUT2D eigenvalue weighted by molar-refractivity contribution is -0.383. The Morgan fingerprint density at radius 2 is 2.00 bits per heavy atom. The predicted molar refractivity (Wildman–Crippen MR) is 85.1 cm³/mol. The smallest absolute Gasteiger partial charge is 0.292 e. The summed E-state index contributed by atoms with van der Waals surface area (Å²) < 4.78 is 0. The molecule has 1 saturated heterocycles. The quantitative estimate of drug-likeness (QED) is 0.686. The van der Waals surface area contributed by atoms with Crippen molar-refractivity contribution in [2.75, 3.05) is 25.5 Å². The third kappa shape index (κ3) is 3.47. The van der Waals surface area contributed by atoms with Crippen LogP contribution in [0.3, 0.4) is 0 Å². The molecule has 2 rings (SSSR count). The monoisotopic (exact) mass is 309 g/mol. The molecule has 0 spiro atoms. The summed E-state index contributed by atoms with van der Waals surface area (Å²) in [5.74, 6) is -0.0691. The highest BCUT2D eigenvalue weighted by Gasteiger charge is 2.27. The first-order chi connectivity index (χ1) is 9.92. The van der Waals surface area contributed by atoms with E-state index in [0.29, 0.717) is 34.8 Å². The van der Waals surface area contributed by atoms with Crippen LogP contribution >= 0.6 is 11.8 Å². The zero-order valence-corrected chi connectivity index (χ0v) is 13.1. The molecule has 114 valence electrons. The molecule has 21 heavy (non-hydrogen) atoms. The number of nitro benzene ring substituents is 1. The van der Waals surface area contributed by atoms with Gasteiger partial charge < -0.3 is 10.2 Å². The number of rotatable bonds is 3. The van der Waals surface area contributed by atoms with E-state index >= 15 is 0 Å². The van der Waals surface area contributed by atoms with Crippen molar-refractivity contribution in [2.24, 2.45) is 0 Å². The molecule has 1 aliphatic rings. The maximum absolute atomic E-state index is 12.6. The van der Waals surface area contributed by atoms with Gasteiger partial charge in [0.05, 0.1) is 4.92 Å². The van der Waals surface area contributed by atoms with Gasteiger partial charge in [0.25, 0.3) is 11.6 Å². The molecule has 2 atom stereocenters. The van der Waals surface area contributed by atoms with Crippen molar-refractivity contribution in [3.8, 4) is 0 Å². The minimum atomic E-state index is -0.457. The summed E-state index contributed by atoms with van der Waals surface area (Å²) in [4.78, 5) is 24.8. The Labute approximate surface area is 128 Å². The number of amides is 1. The summed E-state index contributed by atoms with van der Waals surface area (Å²) in [5.41, 5.74) is 0.819. The number of benzene rings is 1. The van der Waals surface area contributed by atoms with Gasteiger partial charge in [-0.1, -0.05) is 13.8 Å². The highest BCUT2D eigenvalue weighted by molar-refractivity contribution is 8.00. The second-order valence-corrected chi connectivity index (χ2v) is 7.09. The highest BCUT2D eigenvalue weighted by atomic mass is 32.2. The zero-order chi connectivity index (χ0) is 15.6. The zero-order valence-electron chi connectivity index (χ0n) is 12.3. The van der Waals surface area contributed by atoms with Gasteiger partial charge in [0, 0.05) is 42.3 Å². The van der Waals surface area contributed by atoms with Gasteiger partial charge in [0.15, 0.2) is 0 Å². The lowest BCUT2D eigenvalue weighted by Gasteiger charge is -2.34. The van der Waals surface area contributed by atoms with E-state index in [1.165, 1.54) is 12.1 Å². The topological polar surface area (TPSA) is 75.5 Å². The summed E-state index contributed by atoms with van der Waals surface area (Å²) in [6, 6.07) is 4.46. The number of hydrogen-bond donors (Lipinski definition) is 1. The minimum Gasteiger partial charge on any atom is -0.383 e. The molecular formula is C14H19N3O3S. The number of anilines is 1. The molecule has 2 unspecified atom stereocenters. The van der Waals surface area contributed by atoms with Crippen LogP contribution in [0.25, 0.3) is 0 Å². The molecule has 0 aliphatic carbocycles. The van der Waals surface area contributed by atoms with E-state index in [1.54, 1.807) is 13.1 Å². The summed E-state index contributed by atoms with van der Waals surface area (Å²) in [6.45, 7) is 5.63. The molecule has 1 aromatic rings. The molecule has 1 fully saturated rings. The third-order valence-electron chi connectivity index (χ3n) is 3.42. The largest absolute Gasteiger partial charge is 0.383 e. The summed E-state index contributed by atoms with van der Waals surface area (Å²) in [5, 5.41) is 14.5. The van der Waals surface area contributed by atoms with Crippen molar-refractivity contribution in [3.05, 3.63) is 33.9 Å². The van der Waals surface area contributed by atoms with Gasteiger partial charge in [-0.15, -0.1) is 0 Å². The van der Waals surface area contributed by atoms with Crippen LogP contribution in [0.5, 0.6) is 0 Å². The van der Waals surface area contributed by atoms with Crippen LogP contribution in [0.4, 0.5) is 11.4 Å². The van der Waals surface area contributed by atoms with Crippen molar-refractivity contribution < 1.29 is 9.72 Å². The molecule has 1 aliphatic heterocycles. The summed E-state index contributed by atoms with van der Waals surface area (Å²) in [7, 11) is 1.61. The van der Waals surface area contributed by atoms with Crippen LogP contribution in [-0.2, 0) is 0 Å². The SMILES string of the molecule is CNc1cc(C(=O)N2CC(C)SC(C)C2)ccc1[N+](=O)[O-]. The number of nitrogens with zero attached hydrogens (tertiary/aromatic N) is 2. The standard InChI is InChI=1S/C14H19N3O3S/c1-9-7-16(8-10(2)21-9)14(18)11-4-5-13(17(19)20)12(6-11)15-3/h4-6,9-10,15H,7-8H2,1-3H3. The van der Waals surface area contributed by atoms with Crippen LogP contribution in [0.1, 0.15) is 24.2 Å². The Morgan fingerprint density at radius 3 is 2.52 bits per heavy atom. The van der Waals surface area contributed by atoms with Gasteiger partial charge in [0.1, 0.15) is 5.69 Å². The lowest BCUT2D eigenvalue weighted by Crippen LogP contribution is -2.44. The molecule has 0 saturated carbocycles. The normalized spacial score (nSPS) is 22.0. The summed E-state index contributed by atoms with van der Waals surface area (Å²) >= 11 is 1.88. The van der Waals surface area contributed by atoms with Crippen molar-refractivity contribution in [3.63, 3.8) is 0 Å². The van der Waals surface area contributed by atoms with Crippen LogP contribution in [-0.4, -0.2) is 46.4 Å².